The molecule has 0 heterocycles. The molecule has 17 heavy (non-hydrogen) atoms. The molecule has 1 aromatic carbocycles. The van der Waals surface area contributed by atoms with Crippen molar-refractivity contribution in [2.45, 2.75) is 38.5 Å². The first-order valence-electron chi connectivity index (χ1n) is 7.00. The maximum Gasteiger partial charge on any atom is 0.0175 e. The smallest absolute Gasteiger partial charge is 0.0175 e. The second-order valence-electron chi connectivity index (χ2n) is 6.17. The van der Waals surface area contributed by atoms with Crippen molar-refractivity contribution >= 4 is 15.9 Å². The maximum atomic E-state index is 3.31. The highest BCUT2D eigenvalue weighted by Crippen LogP contribution is 2.53. The molecule has 0 N–H and O–H groups in total. The van der Waals surface area contributed by atoms with Crippen molar-refractivity contribution in [3.05, 3.63) is 34.8 Å². The lowest BCUT2D eigenvalue weighted by molar-refractivity contribution is 0.0198. The van der Waals surface area contributed by atoms with Crippen molar-refractivity contribution in [1.29, 1.82) is 0 Å². The molecular formula is C16H21Br. The van der Waals surface area contributed by atoms with Crippen LogP contribution >= 0.6 is 15.9 Å². The van der Waals surface area contributed by atoms with E-state index in [1.165, 1.54) is 23.7 Å². The first-order valence-corrected chi connectivity index (χ1v) is 7.79. The molecule has 4 aliphatic carbocycles. The second-order valence-corrected chi connectivity index (χ2v) is 7.09. The van der Waals surface area contributed by atoms with E-state index in [0.29, 0.717) is 0 Å². The van der Waals surface area contributed by atoms with Crippen LogP contribution < -0.4 is 0 Å². The Balaban J connectivity index is 0.000000115. The van der Waals surface area contributed by atoms with Crippen LogP contribution in [0.5, 0.6) is 0 Å². The number of hydrogen-bond acceptors (Lipinski definition) is 0. The van der Waals surface area contributed by atoms with Gasteiger partial charge in [0.05, 0.1) is 0 Å². The minimum atomic E-state index is 1.13. The van der Waals surface area contributed by atoms with Gasteiger partial charge in [-0.15, -0.1) is 0 Å². The number of benzene rings is 1. The zero-order chi connectivity index (χ0) is 11.7. The van der Waals surface area contributed by atoms with Crippen molar-refractivity contribution < 1.29 is 0 Å². The molecular weight excluding hydrogens is 272 g/mol. The Bertz CT molecular complexity index is 301. The largest absolute Gasteiger partial charge is 0.0622 e. The molecule has 0 amide bonds. The molecule has 0 nitrogen and oxygen atoms in total. The monoisotopic (exact) mass is 292 g/mol. The van der Waals surface area contributed by atoms with E-state index < -0.39 is 0 Å². The molecule has 0 radical (unpaired) electrons. The predicted molar refractivity (Wildman–Crippen MR) is 75.8 cm³/mol. The fraction of sp³-hybridized carbons (Fsp3) is 0.625. The summed E-state index contributed by atoms with van der Waals surface area (Å²) in [7, 11) is 0. The highest BCUT2D eigenvalue weighted by molar-refractivity contribution is 9.10. The van der Waals surface area contributed by atoms with E-state index >= 15 is 0 Å². The minimum absolute atomic E-state index is 1.13. The summed E-state index contributed by atoms with van der Waals surface area (Å²) >= 11 is 3.31. The van der Waals surface area contributed by atoms with Gasteiger partial charge in [0.2, 0.25) is 0 Å². The molecule has 4 saturated carbocycles. The van der Waals surface area contributed by atoms with Crippen LogP contribution in [0.1, 0.15) is 38.5 Å². The van der Waals surface area contributed by atoms with Crippen LogP contribution in [0.2, 0.25) is 0 Å². The summed E-state index contributed by atoms with van der Waals surface area (Å²) in [5.41, 5.74) is 0. The van der Waals surface area contributed by atoms with E-state index in [0.717, 1.165) is 4.47 Å². The van der Waals surface area contributed by atoms with Gasteiger partial charge in [0, 0.05) is 4.47 Å². The number of hydrogen-bond donors (Lipinski definition) is 0. The third-order valence-corrected chi connectivity index (χ3v) is 5.26. The number of rotatable bonds is 0. The average molecular weight is 293 g/mol. The predicted octanol–water partition coefficient (Wildman–Crippen LogP) is 5.28. The summed E-state index contributed by atoms with van der Waals surface area (Å²) < 4.78 is 1.13. The van der Waals surface area contributed by atoms with Gasteiger partial charge in [-0.25, -0.2) is 0 Å². The highest BCUT2D eigenvalue weighted by Gasteiger charge is 2.41. The third-order valence-electron chi connectivity index (χ3n) is 4.73. The van der Waals surface area contributed by atoms with E-state index in [4.69, 9.17) is 0 Å². The molecule has 4 fully saturated rings. The third kappa shape index (κ3) is 2.93. The van der Waals surface area contributed by atoms with Gasteiger partial charge < -0.3 is 0 Å². The standard InChI is InChI=1S/C10H16.C6H5Br/c1-7-2-9-4-8(1)5-10(3-7)6-9;7-6-4-2-1-3-5-6/h7-10H,1-6H2;1-5H. The first kappa shape index (κ1) is 11.8. The van der Waals surface area contributed by atoms with E-state index in [1.54, 1.807) is 38.5 Å². The Kier molecular flexibility index (Phi) is 3.56. The molecule has 92 valence electrons. The summed E-state index contributed by atoms with van der Waals surface area (Å²) in [5.74, 6) is 4.71. The van der Waals surface area contributed by atoms with Crippen LogP contribution in [-0.4, -0.2) is 0 Å². The average Bonchev–Trinajstić information content (AvgIpc) is 2.28. The van der Waals surface area contributed by atoms with Crippen molar-refractivity contribution in [2.75, 3.05) is 0 Å². The molecule has 0 aliphatic heterocycles. The van der Waals surface area contributed by atoms with Crippen LogP contribution in [0.4, 0.5) is 0 Å². The maximum absolute atomic E-state index is 3.31. The lowest BCUT2D eigenvalue weighted by Gasteiger charge is -2.49. The lowest BCUT2D eigenvalue weighted by Crippen LogP contribution is -2.38. The Morgan fingerprint density at radius 3 is 1.24 bits per heavy atom. The van der Waals surface area contributed by atoms with Gasteiger partial charge >= 0.3 is 0 Å². The summed E-state index contributed by atoms with van der Waals surface area (Å²) in [6, 6.07) is 9.97. The van der Waals surface area contributed by atoms with E-state index in [9.17, 15) is 0 Å². The highest BCUT2D eigenvalue weighted by atomic mass is 79.9. The lowest BCUT2D eigenvalue weighted by atomic mass is 9.56. The van der Waals surface area contributed by atoms with Crippen LogP contribution in [0, 0.1) is 23.7 Å². The molecule has 0 atom stereocenters. The topological polar surface area (TPSA) is 0 Å². The van der Waals surface area contributed by atoms with Gasteiger partial charge in [-0.2, -0.15) is 0 Å². The van der Waals surface area contributed by atoms with E-state index in [-0.39, 0.29) is 0 Å². The van der Waals surface area contributed by atoms with Crippen molar-refractivity contribution in [2.24, 2.45) is 23.7 Å². The molecule has 1 heteroatoms. The zero-order valence-electron chi connectivity index (χ0n) is 10.3. The molecule has 4 bridgehead atoms. The quantitative estimate of drug-likeness (QED) is 0.610. The Hall–Kier alpha value is -0.300. The van der Waals surface area contributed by atoms with Gasteiger partial charge in [-0.1, -0.05) is 34.1 Å². The molecule has 0 aromatic heterocycles. The van der Waals surface area contributed by atoms with Gasteiger partial charge in [0.1, 0.15) is 0 Å². The Labute approximate surface area is 113 Å². The van der Waals surface area contributed by atoms with Gasteiger partial charge in [0.25, 0.3) is 0 Å². The summed E-state index contributed by atoms with van der Waals surface area (Å²) in [6.07, 6.45) is 9.62. The van der Waals surface area contributed by atoms with Crippen LogP contribution in [0.3, 0.4) is 0 Å². The molecule has 0 unspecified atom stereocenters. The van der Waals surface area contributed by atoms with Crippen LogP contribution in [-0.2, 0) is 0 Å². The fourth-order valence-electron chi connectivity index (χ4n) is 4.40. The Morgan fingerprint density at radius 2 is 1.00 bits per heavy atom. The molecule has 5 rings (SSSR count). The summed E-state index contributed by atoms with van der Waals surface area (Å²) in [6.45, 7) is 0. The zero-order valence-corrected chi connectivity index (χ0v) is 11.9. The van der Waals surface area contributed by atoms with E-state index in [1.807, 2.05) is 30.3 Å². The van der Waals surface area contributed by atoms with Crippen LogP contribution in [0.15, 0.2) is 34.8 Å². The fourth-order valence-corrected chi connectivity index (χ4v) is 4.70. The van der Waals surface area contributed by atoms with Gasteiger partial charge in [0.15, 0.2) is 0 Å². The molecule has 4 aliphatic rings. The number of halogens is 1. The van der Waals surface area contributed by atoms with Gasteiger partial charge in [-0.3, -0.25) is 0 Å². The van der Waals surface area contributed by atoms with Gasteiger partial charge in [-0.05, 0) is 74.3 Å². The normalized spacial score (nSPS) is 37.5. The molecule has 0 saturated heterocycles. The molecule has 1 aromatic rings. The first-order chi connectivity index (χ1) is 8.29. The van der Waals surface area contributed by atoms with Crippen LogP contribution in [0.25, 0.3) is 0 Å². The van der Waals surface area contributed by atoms with Crippen molar-refractivity contribution in [1.82, 2.24) is 0 Å². The minimum Gasteiger partial charge on any atom is -0.0622 e. The van der Waals surface area contributed by atoms with E-state index in [2.05, 4.69) is 15.9 Å². The summed E-state index contributed by atoms with van der Waals surface area (Å²) in [5, 5.41) is 0. The van der Waals surface area contributed by atoms with Crippen molar-refractivity contribution in [3.8, 4) is 0 Å². The molecule has 0 spiro atoms. The SMILES string of the molecule is Brc1ccccc1.C1C2CC3CC1CC(C2)C3. The van der Waals surface area contributed by atoms with Crippen molar-refractivity contribution in [3.63, 3.8) is 0 Å². The second kappa shape index (κ2) is 5.14. The Morgan fingerprint density at radius 1 is 0.647 bits per heavy atom. The summed E-state index contributed by atoms with van der Waals surface area (Å²) in [4.78, 5) is 0.